The van der Waals surface area contributed by atoms with Gasteiger partial charge in [-0.3, -0.25) is 4.90 Å². The molecule has 1 N–H and O–H groups in total. The maximum absolute atomic E-state index is 12.7. The molecule has 2 bridgehead atoms. The summed E-state index contributed by atoms with van der Waals surface area (Å²) in [6.07, 6.45) is -3.57. The molecule has 162 valence electrons. The molecule has 0 saturated carbocycles. The van der Waals surface area contributed by atoms with E-state index in [9.17, 15) is 23.2 Å². The number of fused-ring (bicyclic) bond motifs is 2. The van der Waals surface area contributed by atoms with Crippen molar-refractivity contribution in [2.75, 3.05) is 18.4 Å². The maximum atomic E-state index is 12.7. The molecule has 2 aromatic rings. The fourth-order valence-corrected chi connectivity index (χ4v) is 4.70. The van der Waals surface area contributed by atoms with E-state index in [1.807, 2.05) is 37.3 Å². The largest absolute Gasteiger partial charge is 0.416 e. The minimum Gasteiger partial charge on any atom is -0.319 e. The number of piperazine rings is 1. The van der Waals surface area contributed by atoms with Gasteiger partial charge in [-0.1, -0.05) is 30.3 Å². The number of carbonyl (C=O) groups is 1. The van der Waals surface area contributed by atoms with Crippen LogP contribution in [0.5, 0.6) is 0 Å². The topological polar surface area (TPSA) is 59.4 Å². The van der Waals surface area contributed by atoms with Crippen molar-refractivity contribution in [1.29, 1.82) is 5.26 Å². The number of rotatable bonds is 4. The van der Waals surface area contributed by atoms with Crippen LogP contribution in [0.4, 0.5) is 23.7 Å². The summed E-state index contributed by atoms with van der Waals surface area (Å²) in [5.74, 6) is -0.255. The Labute approximate surface area is 179 Å². The number of likely N-dealkylation sites (tertiary alicyclic amines) is 2. The van der Waals surface area contributed by atoms with Crippen LogP contribution < -0.4 is 5.32 Å². The quantitative estimate of drug-likeness (QED) is 0.769. The third-order valence-corrected chi connectivity index (χ3v) is 6.31. The number of hydrogen-bond donors (Lipinski definition) is 1. The number of nitrogens with one attached hydrogen (secondary N) is 1. The second kappa shape index (κ2) is 8.23. The van der Waals surface area contributed by atoms with Gasteiger partial charge in [-0.05, 0) is 43.2 Å². The number of urea groups is 1. The molecule has 2 fully saturated rings. The fourth-order valence-electron chi connectivity index (χ4n) is 4.70. The summed E-state index contributed by atoms with van der Waals surface area (Å²) < 4.78 is 38.1. The van der Waals surface area contributed by atoms with E-state index in [0.717, 1.165) is 24.1 Å². The van der Waals surface area contributed by atoms with E-state index in [1.54, 1.807) is 4.90 Å². The average molecular weight is 428 g/mol. The average Bonchev–Trinajstić information content (AvgIpc) is 3.36. The number of amides is 2. The van der Waals surface area contributed by atoms with E-state index in [1.165, 1.54) is 12.1 Å². The van der Waals surface area contributed by atoms with Gasteiger partial charge in [0.15, 0.2) is 0 Å². The Balaban J connectivity index is 1.38. The molecule has 2 saturated heterocycles. The minimum absolute atomic E-state index is 0.0162. The zero-order valence-electron chi connectivity index (χ0n) is 17.0. The maximum Gasteiger partial charge on any atom is 0.416 e. The molecule has 5 nitrogen and oxygen atoms in total. The van der Waals surface area contributed by atoms with Crippen molar-refractivity contribution in [3.8, 4) is 6.07 Å². The number of hydrogen-bond acceptors (Lipinski definition) is 3. The van der Waals surface area contributed by atoms with Gasteiger partial charge in [0.1, 0.15) is 0 Å². The molecular formula is C23H23F3N4O. The number of halogens is 3. The molecule has 2 aliphatic heterocycles. The molecule has 0 aliphatic carbocycles. The molecule has 4 atom stereocenters. The summed E-state index contributed by atoms with van der Waals surface area (Å²) in [7, 11) is 0. The van der Waals surface area contributed by atoms with Crippen LogP contribution in [-0.2, 0) is 6.18 Å². The lowest BCUT2D eigenvalue weighted by molar-refractivity contribution is -0.137. The van der Waals surface area contributed by atoms with E-state index in [-0.39, 0.29) is 30.1 Å². The Morgan fingerprint density at radius 3 is 2.32 bits per heavy atom. The van der Waals surface area contributed by atoms with Gasteiger partial charge in [-0.2, -0.15) is 18.4 Å². The van der Waals surface area contributed by atoms with Crippen LogP contribution >= 0.6 is 0 Å². The molecular weight excluding hydrogens is 405 g/mol. The Kier molecular flexibility index (Phi) is 5.63. The summed E-state index contributed by atoms with van der Waals surface area (Å²) in [5, 5.41) is 12.4. The zero-order valence-corrected chi connectivity index (χ0v) is 17.0. The van der Waals surface area contributed by atoms with Crippen molar-refractivity contribution in [2.45, 2.75) is 43.6 Å². The summed E-state index contributed by atoms with van der Waals surface area (Å²) in [5.41, 5.74) is 0.567. The molecule has 2 aromatic carbocycles. The van der Waals surface area contributed by atoms with E-state index in [2.05, 4.69) is 16.3 Å². The van der Waals surface area contributed by atoms with Crippen molar-refractivity contribution >= 4 is 11.7 Å². The third kappa shape index (κ3) is 4.23. The third-order valence-electron chi connectivity index (χ3n) is 6.31. The number of alkyl halides is 3. The molecule has 2 amide bonds. The van der Waals surface area contributed by atoms with Gasteiger partial charge in [0.25, 0.3) is 0 Å². The van der Waals surface area contributed by atoms with Crippen LogP contribution in [-0.4, -0.2) is 47.0 Å². The highest BCUT2D eigenvalue weighted by Crippen LogP contribution is 2.36. The van der Waals surface area contributed by atoms with Crippen LogP contribution in [0.25, 0.3) is 0 Å². The SMILES string of the molecule is CC(C(C#N)c1ccccc1)N1CC2CC1CN2C(=O)Nc1ccc(C(F)(F)F)cc1. The summed E-state index contributed by atoms with van der Waals surface area (Å²) in [6.45, 7) is 3.26. The Hall–Kier alpha value is -3.05. The van der Waals surface area contributed by atoms with E-state index in [4.69, 9.17) is 0 Å². The Bertz CT molecular complexity index is 971. The first-order valence-corrected chi connectivity index (χ1v) is 10.2. The fraction of sp³-hybridized carbons (Fsp3) is 0.391. The molecule has 2 aliphatic rings. The lowest BCUT2D eigenvalue weighted by atomic mass is 9.92. The highest BCUT2D eigenvalue weighted by atomic mass is 19.4. The number of anilines is 1. The van der Waals surface area contributed by atoms with Crippen molar-refractivity contribution in [2.24, 2.45) is 0 Å². The first-order chi connectivity index (χ1) is 14.8. The van der Waals surface area contributed by atoms with Gasteiger partial charge < -0.3 is 10.2 Å². The molecule has 0 radical (unpaired) electrons. The molecule has 4 unspecified atom stereocenters. The van der Waals surface area contributed by atoms with Crippen LogP contribution in [0.3, 0.4) is 0 Å². The summed E-state index contributed by atoms with van der Waals surface area (Å²) >= 11 is 0. The highest BCUT2D eigenvalue weighted by molar-refractivity contribution is 5.90. The van der Waals surface area contributed by atoms with E-state index < -0.39 is 11.7 Å². The van der Waals surface area contributed by atoms with Gasteiger partial charge in [-0.25, -0.2) is 4.79 Å². The van der Waals surface area contributed by atoms with Gasteiger partial charge in [0.2, 0.25) is 0 Å². The van der Waals surface area contributed by atoms with Gasteiger partial charge in [0, 0.05) is 36.9 Å². The number of benzene rings is 2. The molecule has 8 heteroatoms. The van der Waals surface area contributed by atoms with Gasteiger partial charge >= 0.3 is 12.2 Å². The van der Waals surface area contributed by atoms with Crippen LogP contribution in [0.1, 0.15) is 30.4 Å². The normalized spacial score (nSPS) is 22.7. The van der Waals surface area contributed by atoms with Crippen molar-refractivity contribution in [3.05, 3.63) is 65.7 Å². The lowest BCUT2D eigenvalue weighted by Crippen LogP contribution is -2.53. The Morgan fingerprint density at radius 2 is 1.77 bits per heavy atom. The minimum atomic E-state index is -4.40. The van der Waals surface area contributed by atoms with Crippen molar-refractivity contribution < 1.29 is 18.0 Å². The first-order valence-electron chi connectivity index (χ1n) is 10.2. The number of nitriles is 1. The molecule has 4 rings (SSSR count). The van der Waals surface area contributed by atoms with E-state index in [0.29, 0.717) is 18.8 Å². The lowest BCUT2D eigenvalue weighted by Gasteiger charge is -2.39. The summed E-state index contributed by atoms with van der Waals surface area (Å²) in [4.78, 5) is 16.7. The van der Waals surface area contributed by atoms with Gasteiger partial charge in [-0.15, -0.1) is 0 Å². The predicted octanol–water partition coefficient (Wildman–Crippen LogP) is 4.69. The van der Waals surface area contributed by atoms with E-state index >= 15 is 0 Å². The van der Waals surface area contributed by atoms with Gasteiger partial charge in [0.05, 0.1) is 17.6 Å². The number of nitrogens with zero attached hydrogens (tertiary/aromatic N) is 3. The molecule has 0 spiro atoms. The van der Waals surface area contributed by atoms with Crippen LogP contribution in [0.15, 0.2) is 54.6 Å². The zero-order chi connectivity index (χ0) is 22.2. The Morgan fingerprint density at radius 1 is 1.10 bits per heavy atom. The number of carbonyl (C=O) groups excluding carboxylic acids is 1. The first kappa shape index (κ1) is 21.2. The standard InChI is InChI=1S/C23H23F3N4O/c1-15(21(12-27)16-5-3-2-4-6-16)29-13-20-11-19(29)14-30(20)22(31)28-18-9-7-17(8-10-18)23(24,25)26/h2-10,15,19-21H,11,13-14H2,1H3,(H,28,31). The smallest absolute Gasteiger partial charge is 0.319 e. The molecule has 31 heavy (non-hydrogen) atoms. The van der Waals surface area contributed by atoms with Crippen LogP contribution in [0, 0.1) is 11.3 Å². The second-order valence-corrected chi connectivity index (χ2v) is 8.16. The second-order valence-electron chi connectivity index (χ2n) is 8.16. The van der Waals surface area contributed by atoms with Crippen molar-refractivity contribution in [1.82, 2.24) is 9.80 Å². The van der Waals surface area contributed by atoms with Crippen molar-refractivity contribution in [3.63, 3.8) is 0 Å². The molecule has 2 heterocycles. The highest BCUT2D eigenvalue weighted by Gasteiger charge is 2.48. The monoisotopic (exact) mass is 428 g/mol. The molecule has 0 aromatic heterocycles. The summed E-state index contributed by atoms with van der Waals surface area (Å²) in [6, 6.07) is 16.5. The predicted molar refractivity (Wildman–Crippen MR) is 110 cm³/mol. The van der Waals surface area contributed by atoms with Crippen LogP contribution in [0.2, 0.25) is 0 Å².